The summed E-state index contributed by atoms with van der Waals surface area (Å²) in [7, 11) is 2.08. The van der Waals surface area contributed by atoms with Gasteiger partial charge in [0.25, 0.3) is 0 Å². The molecule has 0 saturated heterocycles. The van der Waals surface area contributed by atoms with Gasteiger partial charge >= 0.3 is 0 Å². The molecule has 1 aromatic rings. The van der Waals surface area contributed by atoms with Crippen molar-refractivity contribution in [2.24, 2.45) is 5.10 Å². The van der Waals surface area contributed by atoms with E-state index >= 15 is 0 Å². The minimum atomic E-state index is 0.0866. The Morgan fingerprint density at radius 2 is 2.33 bits per heavy atom. The number of nitrogens with zero attached hydrogens (tertiary/aromatic N) is 2. The third-order valence-electron chi connectivity index (χ3n) is 2.17. The van der Waals surface area contributed by atoms with Gasteiger partial charge in [-0.05, 0) is 33.6 Å². The predicted molar refractivity (Wildman–Crippen MR) is 72.2 cm³/mol. The Kier molecular flexibility index (Phi) is 3.11. The van der Waals surface area contributed by atoms with Crippen molar-refractivity contribution in [2.75, 3.05) is 12.8 Å². The van der Waals surface area contributed by atoms with Gasteiger partial charge in [0, 0.05) is 28.3 Å². The lowest BCUT2D eigenvalue weighted by Crippen LogP contribution is -2.00. The number of halogens is 1. The molecular weight excluding hydrogens is 274 g/mol. The lowest BCUT2D eigenvalue weighted by Gasteiger charge is -2.14. The van der Waals surface area contributed by atoms with E-state index in [9.17, 15) is 0 Å². The molecule has 0 radical (unpaired) electrons. The van der Waals surface area contributed by atoms with Gasteiger partial charge in [0.05, 0.1) is 6.21 Å². The summed E-state index contributed by atoms with van der Waals surface area (Å²) in [5, 5.41) is 6.31. The van der Waals surface area contributed by atoms with Gasteiger partial charge in [0.2, 0.25) is 0 Å². The monoisotopic (exact) mass is 285 g/mol. The number of nitrogens with two attached hydrogens (primary N) is 1. The molecule has 0 saturated carbocycles. The minimum absolute atomic E-state index is 0.0866. The second-order valence-corrected chi connectivity index (χ2v) is 6.01. The fraction of sp³-hybridized carbons (Fsp3) is 0.200. The summed E-state index contributed by atoms with van der Waals surface area (Å²) >= 11 is 3.43. The average Bonchev–Trinajstić information content (AvgIpc) is 2.59. The smallest absolute Gasteiger partial charge is 0.0552 e. The highest BCUT2D eigenvalue weighted by atomic mass is 79.9. The first-order valence-corrected chi connectivity index (χ1v) is 6.72. The van der Waals surface area contributed by atoms with Crippen LogP contribution in [0.15, 0.2) is 27.8 Å². The Morgan fingerprint density at radius 3 is 2.93 bits per heavy atom. The topological polar surface area (TPSA) is 41.6 Å². The highest BCUT2D eigenvalue weighted by Gasteiger charge is 2.07. The Hall–Kier alpha value is -0.810. The van der Waals surface area contributed by atoms with Gasteiger partial charge in [-0.3, -0.25) is 0 Å². The lowest BCUT2D eigenvalue weighted by atomic mass is 10.2. The summed E-state index contributed by atoms with van der Waals surface area (Å²) < 4.78 is 2.95. The van der Waals surface area contributed by atoms with Crippen LogP contribution in [-0.2, 0) is 5.75 Å². The molecule has 3 nitrogen and oxygen atoms in total. The fourth-order valence-electron chi connectivity index (χ4n) is 1.31. The zero-order valence-electron chi connectivity index (χ0n) is 8.35. The number of rotatable bonds is 2. The van der Waals surface area contributed by atoms with Crippen molar-refractivity contribution in [1.82, 2.24) is 4.41 Å². The van der Waals surface area contributed by atoms with Crippen LogP contribution in [-0.4, -0.2) is 23.0 Å². The van der Waals surface area contributed by atoms with Gasteiger partial charge in [0.15, 0.2) is 0 Å². The molecule has 0 bridgehead atoms. The molecule has 2 N–H and O–H groups in total. The van der Waals surface area contributed by atoms with Gasteiger partial charge in [-0.2, -0.15) is 5.10 Å². The molecule has 0 fully saturated rings. The van der Waals surface area contributed by atoms with Gasteiger partial charge in [0.1, 0.15) is 0 Å². The molecule has 2 rings (SSSR count). The summed E-state index contributed by atoms with van der Waals surface area (Å²) in [5.74, 6) is 0.982. The van der Waals surface area contributed by atoms with E-state index < -0.39 is 0 Å². The van der Waals surface area contributed by atoms with Gasteiger partial charge in [-0.25, -0.2) is 4.41 Å². The normalized spacial score (nSPS) is 19.3. The quantitative estimate of drug-likeness (QED) is 0.670. The second kappa shape index (κ2) is 4.37. The molecule has 5 heteroatoms. The standard InChI is InChI=1S/C10H12BrN3S/c1-14-13-4-5-15(14)7-8-2-3-10(12)9(11)6-8/h2-6H,7,12H2,1H3. The Balaban J connectivity index is 2.15. The Morgan fingerprint density at radius 1 is 1.53 bits per heavy atom. The van der Waals surface area contributed by atoms with E-state index in [1.54, 1.807) is 0 Å². The molecule has 1 heterocycles. The molecule has 15 heavy (non-hydrogen) atoms. The number of anilines is 1. The van der Waals surface area contributed by atoms with Crippen LogP contribution in [0.4, 0.5) is 5.69 Å². The molecule has 1 aliphatic heterocycles. The summed E-state index contributed by atoms with van der Waals surface area (Å²) in [6, 6.07) is 6.06. The van der Waals surface area contributed by atoms with Crippen LogP contribution in [0.25, 0.3) is 0 Å². The van der Waals surface area contributed by atoms with E-state index in [2.05, 4.69) is 38.5 Å². The van der Waals surface area contributed by atoms with Crippen LogP contribution < -0.4 is 5.73 Å². The third-order valence-corrected chi connectivity index (χ3v) is 4.69. The molecule has 1 unspecified atom stereocenters. The molecule has 0 amide bonds. The van der Waals surface area contributed by atoms with Crippen molar-refractivity contribution in [3.05, 3.63) is 28.2 Å². The predicted octanol–water partition coefficient (Wildman–Crippen LogP) is 2.45. The molecule has 1 atom stereocenters. The van der Waals surface area contributed by atoms with Gasteiger partial charge in [-0.1, -0.05) is 16.7 Å². The van der Waals surface area contributed by atoms with Crippen LogP contribution in [0.1, 0.15) is 5.56 Å². The highest BCUT2D eigenvalue weighted by molar-refractivity contribution is 9.10. The first-order valence-electron chi connectivity index (χ1n) is 4.51. The molecular formula is C10H12BrN3S. The van der Waals surface area contributed by atoms with Gasteiger partial charge in [-0.15, -0.1) is 0 Å². The molecule has 0 spiro atoms. The molecule has 0 aliphatic carbocycles. The summed E-state index contributed by atoms with van der Waals surface area (Å²) in [4.78, 5) is 0. The number of benzene rings is 1. The average molecular weight is 286 g/mol. The minimum Gasteiger partial charge on any atom is -0.398 e. The summed E-state index contributed by atoms with van der Waals surface area (Å²) in [5.41, 5.74) is 7.79. The maximum atomic E-state index is 5.74. The molecule has 0 aromatic heterocycles. The van der Waals surface area contributed by atoms with E-state index in [4.69, 9.17) is 5.73 Å². The first kappa shape index (κ1) is 10.7. The Bertz CT molecular complexity index is 442. The lowest BCUT2D eigenvalue weighted by molar-refractivity contribution is 0.621. The third kappa shape index (κ3) is 2.41. The van der Waals surface area contributed by atoms with Crippen LogP contribution in [0.3, 0.4) is 0 Å². The summed E-state index contributed by atoms with van der Waals surface area (Å²) in [6.45, 7) is 0. The van der Waals surface area contributed by atoms with E-state index in [0.717, 1.165) is 15.9 Å². The molecule has 1 aromatic carbocycles. The molecule has 1 aliphatic rings. The van der Waals surface area contributed by atoms with Crippen molar-refractivity contribution in [2.45, 2.75) is 5.75 Å². The maximum Gasteiger partial charge on any atom is 0.0552 e. The van der Waals surface area contributed by atoms with Crippen molar-refractivity contribution in [3.8, 4) is 0 Å². The second-order valence-electron chi connectivity index (χ2n) is 3.27. The number of nitrogen functional groups attached to an aromatic ring is 1. The molecule has 80 valence electrons. The zero-order valence-corrected chi connectivity index (χ0v) is 10.8. The van der Waals surface area contributed by atoms with Gasteiger partial charge < -0.3 is 5.73 Å². The van der Waals surface area contributed by atoms with Crippen molar-refractivity contribution < 1.29 is 0 Å². The van der Waals surface area contributed by atoms with Crippen molar-refractivity contribution >= 4 is 43.9 Å². The van der Waals surface area contributed by atoms with E-state index in [1.807, 2.05) is 23.7 Å². The number of hydrogen-bond donors (Lipinski definition) is 1. The van der Waals surface area contributed by atoms with Crippen LogP contribution >= 0.6 is 26.6 Å². The maximum absolute atomic E-state index is 5.74. The largest absolute Gasteiger partial charge is 0.398 e. The highest BCUT2D eigenvalue weighted by Crippen LogP contribution is 2.28. The first-order chi connectivity index (χ1) is 7.16. The van der Waals surface area contributed by atoms with Crippen LogP contribution in [0.5, 0.6) is 0 Å². The van der Waals surface area contributed by atoms with Crippen LogP contribution in [0.2, 0.25) is 0 Å². The summed E-state index contributed by atoms with van der Waals surface area (Å²) in [6.07, 6.45) is 1.86. The van der Waals surface area contributed by atoms with Crippen molar-refractivity contribution in [1.29, 1.82) is 0 Å². The van der Waals surface area contributed by atoms with Crippen LogP contribution in [0, 0.1) is 0 Å². The van der Waals surface area contributed by atoms with E-state index in [-0.39, 0.29) is 10.7 Å². The van der Waals surface area contributed by atoms with E-state index in [0.29, 0.717) is 0 Å². The Labute approximate surface area is 100 Å². The zero-order chi connectivity index (χ0) is 10.8. The number of hydrazone groups is 1. The van der Waals surface area contributed by atoms with E-state index in [1.165, 1.54) is 5.56 Å². The SMILES string of the molecule is CN1N=CC=S1Cc1ccc(N)c(Br)c1. The number of hydrogen-bond acceptors (Lipinski definition) is 3. The fourth-order valence-corrected chi connectivity index (χ4v) is 3.09. The van der Waals surface area contributed by atoms with Crippen molar-refractivity contribution in [3.63, 3.8) is 0 Å².